The maximum absolute atomic E-state index is 8.16. The maximum atomic E-state index is 8.16. The molecule has 0 aromatic carbocycles. The van der Waals surface area contributed by atoms with Gasteiger partial charge >= 0.3 is 0 Å². The van der Waals surface area contributed by atoms with Crippen molar-refractivity contribution in [3.8, 4) is 5.95 Å². The Hall–Kier alpha value is -2.54. The molecule has 0 fully saturated rings. The SMILES string of the molecule is Cc1cc(C)n(-c2nnc(N=[N+]=[N-])nn2)n1. The van der Waals surface area contributed by atoms with Crippen LogP contribution in [0.4, 0.5) is 5.95 Å². The predicted molar refractivity (Wildman–Crippen MR) is 53.0 cm³/mol. The third kappa shape index (κ3) is 1.79. The zero-order valence-corrected chi connectivity index (χ0v) is 8.60. The minimum absolute atomic E-state index is 0.118. The summed E-state index contributed by atoms with van der Waals surface area (Å²) >= 11 is 0. The molecule has 9 heteroatoms. The number of nitrogens with zero attached hydrogens (tertiary/aromatic N) is 9. The molecule has 0 bridgehead atoms. The number of hydrogen-bond acceptors (Lipinski definition) is 6. The highest BCUT2D eigenvalue weighted by Crippen LogP contribution is 2.06. The molecule has 9 nitrogen and oxygen atoms in total. The normalized spacial score (nSPS) is 9.88. The Labute approximate surface area is 89.8 Å². The summed E-state index contributed by atoms with van der Waals surface area (Å²) in [6.45, 7) is 3.73. The van der Waals surface area contributed by atoms with Crippen molar-refractivity contribution in [1.29, 1.82) is 0 Å². The summed E-state index contributed by atoms with van der Waals surface area (Å²) < 4.78 is 1.51. The van der Waals surface area contributed by atoms with Gasteiger partial charge in [-0.2, -0.15) is 5.10 Å². The second-order valence-corrected chi connectivity index (χ2v) is 3.03. The van der Waals surface area contributed by atoms with Crippen molar-refractivity contribution in [2.24, 2.45) is 5.11 Å². The predicted octanol–water partition coefficient (Wildman–Crippen LogP) is 1.01. The van der Waals surface area contributed by atoms with Crippen molar-refractivity contribution in [1.82, 2.24) is 30.2 Å². The highest BCUT2D eigenvalue weighted by molar-refractivity contribution is 5.17. The van der Waals surface area contributed by atoms with Gasteiger partial charge in [0.25, 0.3) is 11.9 Å². The van der Waals surface area contributed by atoms with Gasteiger partial charge in [-0.1, -0.05) is 0 Å². The van der Waals surface area contributed by atoms with E-state index in [1.165, 1.54) is 4.68 Å². The molecule has 0 aliphatic heterocycles. The molecule has 0 radical (unpaired) electrons. The Kier molecular flexibility index (Phi) is 2.44. The van der Waals surface area contributed by atoms with E-state index < -0.39 is 0 Å². The minimum Gasteiger partial charge on any atom is -0.200 e. The number of aromatic nitrogens is 6. The molecule has 16 heavy (non-hydrogen) atoms. The van der Waals surface area contributed by atoms with E-state index in [-0.39, 0.29) is 11.9 Å². The lowest BCUT2D eigenvalue weighted by Gasteiger charge is -1.98. The highest BCUT2D eigenvalue weighted by Gasteiger charge is 2.07. The molecule has 0 aliphatic rings. The van der Waals surface area contributed by atoms with Crippen LogP contribution in [0.15, 0.2) is 11.2 Å². The van der Waals surface area contributed by atoms with Gasteiger partial charge in [-0.05, 0) is 30.6 Å². The van der Waals surface area contributed by atoms with Crippen LogP contribution in [0, 0.1) is 13.8 Å². The molecule has 0 amide bonds. The van der Waals surface area contributed by atoms with Gasteiger partial charge in [0.1, 0.15) is 0 Å². The Morgan fingerprint density at radius 1 is 1.25 bits per heavy atom. The van der Waals surface area contributed by atoms with Crippen LogP contribution >= 0.6 is 0 Å². The van der Waals surface area contributed by atoms with Gasteiger partial charge in [0.05, 0.1) is 5.69 Å². The Bertz CT molecular complexity index is 548. The zero-order valence-electron chi connectivity index (χ0n) is 8.60. The number of hydrogen-bond donors (Lipinski definition) is 0. The lowest BCUT2D eigenvalue weighted by molar-refractivity contribution is 0.710. The molecule has 0 saturated carbocycles. The fraction of sp³-hybridized carbons (Fsp3) is 0.286. The van der Waals surface area contributed by atoms with Crippen molar-refractivity contribution < 1.29 is 0 Å². The van der Waals surface area contributed by atoms with Crippen molar-refractivity contribution in [3.63, 3.8) is 0 Å². The van der Waals surface area contributed by atoms with Crippen LogP contribution in [0.25, 0.3) is 16.4 Å². The number of aryl methyl sites for hydroxylation is 2. The van der Waals surface area contributed by atoms with Crippen LogP contribution in [-0.2, 0) is 0 Å². The number of rotatable bonds is 2. The second kappa shape index (κ2) is 3.91. The Morgan fingerprint density at radius 2 is 1.94 bits per heavy atom. The molecule has 2 heterocycles. The molecule has 0 spiro atoms. The largest absolute Gasteiger partial charge is 0.289 e. The van der Waals surface area contributed by atoms with E-state index in [0.29, 0.717) is 0 Å². The van der Waals surface area contributed by atoms with E-state index in [9.17, 15) is 0 Å². The van der Waals surface area contributed by atoms with Gasteiger partial charge in [0.15, 0.2) is 0 Å². The molecular formula is C7H7N9. The topological polar surface area (TPSA) is 118 Å². The summed E-state index contributed by atoms with van der Waals surface area (Å²) in [5.41, 5.74) is 9.88. The Morgan fingerprint density at radius 3 is 2.44 bits per heavy atom. The molecule has 0 saturated heterocycles. The first kappa shape index (κ1) is 9.99. The molecule has 2 rings (SSSR count). The van der Waals surface area contributed by atoms with Crippen LogP contribution in [0.1, 0.15) is 11.4 Å². The quantitative estimate of drug-likeness (QED) is 0.422. The average Bonchev–Trinajstić information content (AvgIpc) is 2.59. The molecule has 0 unspecified atom stereocenters. The van der Waals surface area contributed by atoms with Crippen LogP contribution in [0.2, 0.25) is 0 Å². The van der Waals surface area contributed by atoms with E-state index in [2.05, 4.69) is 35.5 Å². The average molecular weight is 217 g/mol. The van der Waals surface area contributed by atoms with E-state index in [1.54, 1.807) is 0 Å². The smallest absolute Gasteiger partial charge is 0.200 e. The standard InChI is InChI=1S/C7H7N9/c1-4-3-5(2)16(14-4)7-12-9-6(10-13-7)11-15-8/h3H,1-2H3. The third-order valence-electron chi connectivity index (χ3n) is 1.79. The van der Waals surface area contributed by atoms with E-state index in [4.69, 9.17) is 5.53 Å². The first-order chi connectivity index (χ1) is 7.70. The van der Waals surface area contributed by atoms with Crippen molar-refractivity contribution in [2.75, 3.05) is 0 Å². The molecule has 0 N–H and O–H groups in total. The van der Waals surface area contributed by atoms with Gasteiger partial charge in [-0.3, -0.25) is 0 Å². The lowest BCUT2D eigenvalue weighted by atomic mass is 10.4. The first-order valence-electron chi connectivity index (χ1n) is 4.37. The first-order valence-corrected chi connectivity index (χ1v) is 4.37. The van der Waals surface area contributed by atoms with Crippen molar-refractivity contribution >= 4 is 5.95 Å². The summed E-state index contributed by atoms with van der Waals surface area (Å²) in [5, 5.41) is 22.0. The number of azide groups is 1. The van der Waals surface area contributed by atoms with Crippen molar-refractivity contribution in [2.45, 2.75) is 13.8 Å². The fourth-order valence-electron chi connectivity index (χ4n) is 1.21. The van der Waals surface area contributed by atoms with Crippen molar-refractivity contribution in [3.05, 3.63) is 27.9 Å². The molecule has 0 aliphatic carbocycles. The molecule has 2 aromatic rings. The van der Waals surface area contributed by atoms with Gasteiger partial charge in [-0.15, -0.1) is 20.4 Å². The summed E-state index contributed by atoms with van der Waals surface area (Å²) in [6.07, 6.45) is 0. The third-order valence-corrected chi connectivity index (χ3v) is 1.79. The summed E-state index contributed by atoms with van der Waals surface area (Å²) in [4.78, 5) is 2.53. The van der Waals surface area contributed by atoms with Gasteiger partial charge < -0.3 is 0 Å². The van der Waals surface area contributed by atoms with Gasteiger partial charge in [0.2, 0.25) is 0 Å². The second-order valence-electron chi connectivity index (χ2n) is 3.03. The monoisotopic (exact) mass is 217 g/mol. The minimum atomic E-state index is -0.118. The summed E-state index contributed by atoms with van der Waals surface area (Å²) in [7, 11) is 0. The van der Waals surface area contributed by atoms with Gasteiger partial charge in [0, 0.05) is 10.6 Å². The van der Waals surface area contributed by atoms with Crippen LogP contribution < -0.4 is 0 Å². The fourth-order valence-corrected chi connectivity index (χ4v) is 1.21. The summed E-state index contributed by atoms with van der Waals surface area (Å²) in [5.74, 6) is 0.121. The summed E-state index contributed by atoms with van der Waals surface area (Å²) in [6, 6.07) is 1.88. The van der Waals surface area contributed by atoms with Crippen LogP contribution in [0.3, 0.4) is 0 Å². The van der Waals surface area contributed by atoms with E-state index in [0.717, 1.165) is 11.4 Å². The van der Waals surface area contributed by atoms with Gasteiger partial charge in [-0.25, -0.2) is 4.68 Å². The zero-order chi connectivity index (χ0) is 11.5. The highest BCUT2D eigenvalue weighted by atomic mass is 15.5. The van der Waals surface area contributed by atoms with Crippen LogP contribution in [0.5, 0.6) is 0 Å². The van der Waals surface area contributed by atoms with E-state index in [1.807, 2.05) is 19.9 Å². The van der Waals surface area contributed by atoms with E-state index >= 15 is 0 Å². The maximum Gasteiger partial charge on any atom is 0.289 e. The van der Waals surface area contributed by atoms with Crippen LogP contribution in [-0.4, -0.2) is 30.2 Å². The Balaban J connectivity index is 2.41. The lowest BCUT2D eigenvalue weighted by Crippen LogP contribution is -2.07. The molecular weight excluding hydrogens is 210 g/mol. The molecule has 0 atom stereocenters. The molecule has 80 valence electrons. The molecule has 2 aromatic heterocycles.